The first-order chi connectivity index (χ1) is 10.9. The van der Waals surface area contributed by atoms with Crippen LogP contribution in [0, 0.1) is 5.39 Å². The number of benzene rings is 1. The molecule has 0 radical (unpaired) electrons. The number of nitrogens with zero attached hydrogens (tertiary/aromatic N) is 3. The number of nitrogens with one attached hydrogen (secondary N) is 1. The summed E-state index contributed by atoms with van der Waals surface area (Å²) in [6, 6.07) is 4.45. The van der Waals surface area contributed by atoms with Gasteiger partial charge >= 0.3 is 6.20 Å². The van der Waals surface area contributed by atoms with E-state index < -0.39 is 29.8 Å². The van der Waals surface area contributed by atoms with Crippen LogP contribution >= 0.6 is 0 Å². The van der Waals surface area contributed by atoms with Gasteiger partial charge < -0.3 is 10.4 Å². The Balaban J connectivity index is 2.16. The van der Waals surface area contributed by atoms with Crippen molar-refractivity contribution in [2.45, 2.75) is 25.9 Å². The maximum atomic E-state index is 12.3. The number of amides is 3. The average Bonchev–Trinajstić information content (AvgIpc) is 2.78. The van der Waals surface area contributed by atoms with E-state index in [1.54, 1.807) is 12.1 Å². The van der Waals surface area contributed by atoms with Gasteiger partial charge in [-0.3, -0.25) is 19.3 Å². The van der Waals surface area contributed by atoms with Gasteiger partial charge in [-0.25, -0.2) is 0 Å². The van der Waals surface area contributed by atoms with E-state index in [1.165, 1.54) is 26.0 Å². The highest BCUT2D eigenvalue weighted by molar-refractivity contribution is 6.22. The summed E-state index contributed by atoms with van der Waals surface area (Å²) in [5.41, 5.74) is 0.513. The van der Waals surface area contributed by atoms with Gasteiger partial charge in [0.1, 0.15) is 6.04 Å². The molecule has 0 saturated heterocycles. The molecular weight excluding hydrogens is 300 g/mol. The van der Waals surface area contributed by atoms with E-state index in [-0.39, 0.29) is 16.9 Å². The summed E-state index contributed by atoms with van der Waals surface area (Å²) in [5, 5.41) is 20.3. The molecule has 2 rings (SSSR count). The van der Waals surface area contributed by atoms with Crippen molar-refractivity contribution >= 4 is 17.7 Å². The van der Waals surface area contributed by atoms with E-state index in [9.17, 15) is 19.5 Å². The third-order valence-electron chi connectivity index (χ3n) is 3.58. The molecule has 8 nitrogen and oxygen atoms in total. The summed E-state index contributed by atoms with van der Waals surface area (Å²) in [7, 11) is 0. The Bertz CT molecular complexity index is 715. The molecule has 1 aromatic carbocycles. The normalized spacial score (nSPS) is 16.6. The van der Waals surface area contributed by atoms with Gasteiger partial charge in [0.2, 0.25) is 17.1 Å². The van der Waals surface area contributed by atoms with Gasteiger partial charge in [-0.1, -0.05) is 12.1 Å². The third-order valence-corrected chi connectivity index (χ3v) is 3.58. The zero-order valence-corrected chi connectivity index (χ0v) is 12.6. The van der Waals surface area contributed by atoms with Gasteiger partial charge in [-0.2, -0.15) is 0 Å². The van der Waals surface area contributed by atoms with Crippen LogP contribution in [0.4, 0.5) is 0 Å². The van der Waals surface area contributed by atoms with Crippen LogP contribution in [0.5, 0.6) is 0 Å². The minimum absolute atomic E-state index is 0.257. The predicted molar refractivity (Wildman–Crippen MR) is 79.8 cm³/mol. The van der Waals surface area contributed by atoms with Crippen LogP contribution in [0.1, 0.15) is 34.6 Å². The van der Waals surface area contributed by atoms with Crippen LogP contribution in [0.25, 0.3) is 4.98 Å². The second-order valence-electron chi connectivity index (χ2n) is 5.10. The van der Waals surface area contributed by atoms with Crippen molar-refractivity contribution in [3.05, 3.63) is 52.3 Å². The fraction of sp³-hybridized carbons (Fsp3) is 0.267. The first-order valence-electron chi connectivity index (χ1n) is 6.89. The molecule has 0 bridgehead atoms. The highest BCUT2D eigenvalue weighted by Crippen LogP contribution is 2.24. The molecule has 2 atom stereocenters. The van der Waals surface area contributed by atoms with E-state index in [2.05, 4.69) is 10.3 Å². The number of aliphatic hydroxyl groups excluding tert-OH is 1. The summed E-state index contributed by atoms with van der Waals surface area (Å²) >= 11 is 0. The Kier molecular flexibility index (Phi) is 4.41. The van der Waals surface area contributed by atoms with Gasteiger partial charge in [0.15, 0.2) is 4.98 Å². The van der Waals surface area contributed by atoms with E-state index in [0.29, 0.717) is 0 Å². The fourth-order valence-corrected chi connectivity index (χ4v) is 2.26. The van der Waals surface area contributed by atoms with Crippen molar-refractivity contribution in [3.63, 3.8) is 0 Å². The Morgan fingerprint density at radius 2 is 1.78 bits per heavy atom. The van der Waals surface area contributed by atoms with Crippen molar-refractivity contribution < 1.29 is 19.5 Å². The van der Waals surface area contributed by atoms with E-state index >= 15 is 0 Å². The minimum atomic E-state index is -1.05. The molecule has 0 spiro atoms. The quantitative estimate of drug-likeness (QED) is 0.495. The summed E-state index contributed by atoms with van der Waals surface area (Å²) in [5.74, 6) is -2.06. The molecule has 0 saturated carbocycles. The van der Waals surface area contributed by atoms with Crippen molar-refractivity contribution in [1.82, 2.24) is 10.2 Å². The molecular formula is C15H15N4O4+. The van der Waals surface area contributed by atoms with Crippen LogP contribution in [0.3, 0.4) is 0 Å². The van der Waals surface area contributed by atoms with Crippen molar-refractivity contribution in [2.24, 2.45) is 0 Å². The number of aliphatic hydroxyl groups is 1. The van der Waals surface area contributed by atoms with Gasteiger partial charge in [0.25, 0.3) is 11.8 Å². The van der Waals surface area contributed by atoms with Gasteiger partial charge in [-0.15, -0.1) is 0 Å². The number of rotatable bonds is 4. The highest BCUT2D eigenvalue weighted by Gasteiger charge is 2.40. The zero-order chi connectivity index (χ0) is 17.1. The number of diazo groups is 1. The summed E-state index contributed by atoms with van der Waals surface area (Å²) in [6.45, 7) is 2.88. The molecule has 1 aliphatic heterocycles. The lowest BCUT2D eigenvalue weighted by Gasteiger charge is -2.23. The van der Waals surface area contributed by atoms with Crippen molar-refractivity contribution in [1.29, 1.82) is 5.39 Å². The molecule has 118 valence electrons. The van der Waals surface area contributed by atoms with E-state index in [4.69, 9.17) is 5.39 Å². The predicted octanol–water partition coefficient (Wildman–Crippen LogP) is 1.43. The van der Waals surface area contributed by atoms with Crippen molar-refractivity contribution in [3.8, 4) is 0 Å². The van der Waals surface area contributed by atoms with Crippen molar-refractivity contribution in [2.75, 3.05) is 0 Å². The van der Waals surface area contributed by atoms with E-state index in [1.807, 2.05) is 0 Å². The van der Waals surface area contributed by atoms with Gasteiger partial charge in [0, 0.05) is 0 Å². The molecule has 1 heterocycles. The third kappa shape index (κ3) is 2.89. The number of hydrogen-bond acceptors (Lipinski definition) is 5. The Labute approximate surface area is 132 Å². The molecule has 0 unspecified atom stereocenters. The second kappa shape index (κ2) is 6.27. The average molecular weight is 315 g/mol. The molecule has 8 heteroatoms. The lowest BCUT2D eigenvalue weighted by atomic mass is 10.1. The lowest BCUT2D eigenvalue weighted by molar-refractivity contribution is -0.125. The molecule has 1 aliphatic rings. The van der Waals surface area contributed by atoms with Crippen LogP contribution in [0.2, 0.25) is 0 Å². The second-order valence-corrected chi connectivity index (χ2v) is 5.10. The largest absolute Gasteiger partial charge is 0.504 e. The van der Waals surface area contributed by atoms with Gasteiger partial charge in [-0.05, 0) is 26.0 Å². The van der Waals surface area contributed by atoms with E-state index in [0.717, 1.165) is 11.1 Å². The molecule has 3 amide bonds. The fourth-order valence-electron chi connectivity index (χ4n) is 2.26. The Hall–Kier alpha value is -3.21. The zero-order valence-electron chi connectivity index (χ0n) is 12.6. The molecule has 23 heavy (non-hydrogen) atoms. The number of hydrogen-bond donors (Lipinski definition) is 2. The molecule has 0 fully saturated rings. The maximum Gasteiger partial charge on any atom is 0.389 e. The smallest absolute Gasteiger partial charge is 0.389 e. The van der Waals surface area contributed by atoms with Crippen LogP contribution in [-0.2, 0) is 4.79 Å². The minimum Gasteiger partial charge on any atom is -0.504 e. The first kappa shape index (κ1) is 16.2. The maximum absolute atomic E-state index is 12.3. The van der Waals surface area contributed by atoms with Crippen LogP contribution in [0.15, 0.2) is 36.2 Å². The standard InChI is InChI=1S/C15H14N4O4/c1-8(12(20)7-17-16)18-13(21)9(2)19-14(22)10-5-3-4-6-11(10)15(19)23/h3-9H,1-2H3,(H-,18,20,21)/p+1/t8-,9+/m0/s1. The highest BCUT2D eigenvalue weighted by atomic mass is 16.3. The lowest BCUT2D eigenvalue weighted by Crippen LogP contribution is -2.50. The Morgan fingerprint density at radius 1 is 1.26 bits per heavy atom. The topological polar surface area (TPSA) is 115 Å². The SMILES string of the molecule is C[C@H](NC(=O)[C@@H](C)N1C(=O)c2ccccc2C1=O)C(O)=C[N+]#N. The summed E-state index contributed by atoms with van der Waals surface area (Å²) < 4.78 is 0. The summed E-state index contributed by atoms with van der Waals surface area (Å²) in [4.78, 5) is 40.3. The van der Waals surface area contributed by atoms with Crippen LogP contribution in [-0.4, -0.2) is 39.8 Å². The number of carbonyl (C=O) groups is 3. The number of imide groups is 1. The molecule has 1 aromatic rings. The number of fused-ring (bicyclic) bond motifs is 1. The molecule has 0 aliphatic carbocycles. The Morgan fingerprint density at radius 3 is 2.26 bits per heavy atom. The number of carbonyl (C=O) groups excluding carboxylic acids is 3. The first-order valence-corrected chi connectivity index (χ1v) is 6.89. The van der Waals surface area contributed by atoms with Crippen LogP contribution < -0.4 is 5.32 Å². The van der Waals surface area contributed by atoms with Gasteiger partial charge in [0.05, 0.1) is 17.2 Å². The molecule has 2 N–H and O–H groups in total. The monoisotopic (exact) mass is 315 g/mol. The molecule has 0 aromatic heterocycles. The summed E-state index contributed by atoms with van der Waals surface area (Å²) in [6.07, 6.45) is 0.775.